The maximum Gasteiger partial charge on any atom is 0.173 e. The summed E-state index contributed by atoms with van der Waals surface area (Å²) >= 11 is 0. The highest BCUT2D eigenvalue weighted by atomic mass is 19.1. The highest BCUT2D eigenvalue weighted by Crippen LogP contribution is 2.34. The summed E-state index contributed by atoms with van der Waals surface area (Å²) < 4.78 is 17.6. The van der Waals surface area contributed by atoms with E-state index in [0.717, 1.165) is 29.4 Å². The summed E-state index contributed by atoms with van der Waals surface area (Å²) in [4.78, 5) is 17.6. The van der Waals surface area contributed by atoms with E-state index in [2.05, 4.69) is 19.8 Å². The molecule has 0 bridgehead atoms. The number of aryl methyl sites for hydroxylation is 1. The number of anilines is 3. The number of nitrogens with two attached hydrogens (primary N) is 1. The zero-order valence-corrected chi connectivity index (χ0v) is 23.3. The van der Waals surface area contributed by atoms with Crippen LogP contribution in [0.4, 0.5) is 21.7 Å². The van der Waals surface area contributed by atoms with Crippen molar-refractivity contribution in [1.29, 1.82) is 0 Å². The van der Waals surface area contributed by atoms with Gasteiger partial charge in [0.15, 0.2) is 17.3 Å². The second kappa shape index (κ2) is 10.6. The lowest BCUT2D eigenvalue weighted by Gasteiger charge is -2.27. The molecule has 214 valence electrons. The van der Waals surface area contributed by atoms with Crippen LogP contribution < -0.4 is 10.6 Å². The Kier molecular flexibility index (Phi) is 6.78. The lowest BCUT2D eigenvalue weighted by molar-refractivity contribution is 0.418. The number of aromatic hydroxyl groups is 2. The van der Waals surface area contributed by atoms with Crippen LogP contribution in [0.5, 0.6) is 11.5 Å². The van der Waals surface area contributed by atoms with E-state index in [4.69, 9.17) is 20.9 Å². The first-order valence-corrected chi connectivity index (χ1v) is 13.2. The predicted octanol–water partition coefficient (Wildman–Crippen LogP) is 3.72. The van der Waals surface area contributed by atoms with E-state index < -0.39 is 5.82 Å². The Balaban J connectivity index is 1.50. The highest BCUT2D eigenvalue weighted by Gasteiger charge is 2.22. The molecular formula is C29H29FN10O2. The summed E-state index contributed by atoms with van der Waals surface area (Å²) in [6.07, 6.45) is 3.20. The summed E-state index contributed by atoms with van der Waals surface area (Å²) in [7, 11) is 3.99. The molecule has 12 nitrogen and oxygen atoms in total. The Labute approximate surface area is 240 Å². The first-order chi connectivity index (χ1) is 20.2. The van der Waals surface area contributed by atoms with Gasteiger partial charge in [0.1, 0.15) is 47.2 Å². The maximum atomic E-state index is 14.2. The molecule has 6 rings (SSSR count). The third-order valence-electron chi connectivity index (χ3n) is 6.91. The van der Waals surface area contributed by atoms with Crippen LogP contribution in [0.2, 0.25) is 0 Å². The molecule has 0 amide bonds. The quantitative estimate of drug-likeness (QED) is 0.248. The number of fused-ring (bicyclic) bond motifs is 2. The van der Waals surface area contributed by atoms with E-state index in [1.807, 2.05) is 39.3 Å². The minimum atomic E-state index is -0.616. The Bertz CT molecular complexity index is 1910. The normalized spacial score (nSPS) is 11.6. The molecule has 0 saturated carbocycles. The molecule has 0 unspecified atom stereocenters. The van der Waals surface area contributed by atoms with Gasteiger partial charge >= 0.3 is 0 Å². The fraction of sp³-hybridized carbons (Fsp3) is 0.207. The van der Waals surface area contributed by atoms with Crippen molar-refractivity contribution in [2.45, 2.75) is 13.5 Å². The topological polar surface area (TPSA) is 147 Å². The summed E-state index contributed by atoms with van der Waals surface area (Å²) in [5, 5.41) is 30.2. The highest BCUT2D eigenvalue weighted by molar-refractivity contribution is 5.98. The van der Waals surface area contributed by atoms with Crippen LogP contribution in [0.25, 0.3) is 27.8 Å². The van der Waals surface area contributed by atoms with Crippen molar-refractivity contribution in [3.63, 3.8) is 0 Å². The molecule has 4 heterocycles. The number of halogens is 1. The Hall–Kier alpha value is -5.30. The predicted molar refractivity (Wildman–Crippen MR) is 157 cm³/mol. The number of nitrogen functional groups attached to an aromatic ring is 1. The third-order valence-corrected chi connectivity index (χ3v) is 6.91. The molecule has 0 atom stereocenters. The monoisotopic (exact) mass is 568 g/mol. The van der Waals surface area contributed by atoms with Crippen molar-refractivity contribution in [3.05, 3.63) is 78.3 Å². The van der Waals surface area contributed by atoms with Crippen LogP contribution in [-0.4, -0.2) is 76.6 Å². The van der Waals surface area contributed by atoms with Gasteiger partial charge in [-0.1, -0.05) is 6.07 Å². The standard InChI is InChI=1S/C29H29FN10O2/c1-17-7-8-39-26(17)29(38(10-9-37(2)3)20-5-4-6-21(41)14-20)34-23(35-39)15-40-28-24(27(31)32-16-33-28)25(36-40)18-11-19(30)13-22(42)12-18/h4-8,11-14,16,41-42H,9-10,15H2,1-3H3,(H2,31,32,33). The van der Waals surface area contributed by atoms with Crippen LogP contribution in [0.1, 0.15) is 11.4 Å². The van der Waals surface area contributed by atoms with Crippen LogP contribution in [-0.2, 0) is 6.54 Å². The van der Waals surface area contributed by atoms with Gasteiger partial charge in [-0.2, -0.15) is 10.2 Å². The average Bonchev–Trinajstić information content (AvgIpc) is 3.49. The number of likely N-dealkylation sites (N-methyl/N-ethyl adjacent to an activating group) is 1. The minimum Gasteiger partial charge on any atom is -0.508 e. The van der Waals surface area contributed by atoms with Gasteiger partial charge in [-0.05, 0) is 56.9 Å². The Morgan fingerprint density at radius 3 is 2.57 bits per heavy atom. The molecule has 0 aliphatic carbocycles. The summed E-state index contributed by atoms with van der Waals surface area (Å²) in [5.41, 5.74) is 9.88. The molecule has 13 heteroatoms. The largest absolute Gasteiger partial charge is 0.508 e. The van der Waals surface area contributed by atoms with Gasteiger partial charge in [0.25, 0.3) is 0 Å². The maximum absolute atomic E-state index is 14.2. The fourth-order valence-electron chi connectivity index (χ4n) is 4.96. The van der Waals surface area contributed by atoms with E-state index in [0.29, 0.717) is 40.5 Å². The summed E-state index contributed by atoms with van der Waals surface area (Å²) in [5.74, 6) is 0.551. The summed E-state index contributed by atoms with van der Waals surface area (Å²) in [6, 6.07) is 12.7. The van der Waals surface area contributed by atoms with Gasteiger partial charge in [0.2, 0.25) is 0 Å². The first-order valence-electron chi connectivity index (χ1n) is 13.2. The van der Waals surface area contributed by atoms with Crippen molar-refractivity contribution in [3.8, 4) is 22.8 Å². The third kappa shape index (κ3) is 5.01. The smallest absolute Gasteiger partial charge is 0.173 e. The van der Waals surface area contributed by atoms with E-state index in [1.54, 1.807) is 27.4 Å². The van der Waals surface area contributed by atoms with Crippen molar-refractivity contribution in [1.82, 2.24) is 39.2 Å². The number of rotatable bonds is 8. The van der Waals surface area contributed by atoms with Gasteiger partial charge in [-0.25, -0.2) is 28.5 Å². The van der Waals surface area contributed by atoms with Crippen LogP contribution in [0.15, 0.2) is 61.1 Å². The first kappa shape index (κ1) is 26.9. The van der Waals surface area contributed by atoms with E-state index in [-0.39, 0.29) is 23.9 Å². The van der Waals surface area contributed by atoms with Crippen molar-refractivity contribution >= 4 is 33.9 Å². The Morgan fingerprint density at radius 2 is 1.81 bits per heavy atom. The van der Waals surface area contributed by atoms with Crippen molar-refractivity contribution in [2.24, 2.45) is 0 Å². The number of aromatic nitrogens is 7. The molecule has 4 N–H and O–H groups in total. The molecule has 0 saturated heterocycles. The fourth-order valence-corrected chi connectivity index (χ4v) is 4.96. The van der Waals surface area contributed by atoms with E-state index >= 15 is 0 Å². The molecule has 42 heavy (non-hydrogen) atoms. The van der Waals surface area contributed by atoms with Crippen LogP contribution in [0.3, 0.4) is 0 Å². The summed E-state index contributed by atoms with van der Waals surface area (Å²) in [6.45, 7) is 3.42. The zero-order chi connectivity index (χ0) is 29.5. The van der Waals surface area contributed by atoms with E-state index in [1.165, 1.54) is 18.5 Å². The van der Waals surface area contributed by atoms with Crippen molar-refractivity contribution < 1.29 is 14.6 Å². The zero-order valence-electron chi connectivity index (χ0n) is 23.3. The molecule has 0 fully saturated rings. The molecule has 0 aliphatic rings. The second-order valence-corrected chi connectivity index (χ2v) is 10.3. The SMILES string of the molecule is Cc1ccn2nc(Cn3nc(-c4cc(O)cc(F)c4)c4c(N)ncnc43)nc(N(CCN(C)C)c3cccc(O)c3)c12. The number of phenolic OH excluding ortho intramolecular Hbond substituents is 2. The van der Waals surface area contributed by atoms with Gasteiger partial charge in [-0.3, -0.25) is 0 Å². The van der Waals surface area contributed by atoms with Gasteiger partial charge in [0, 0.05) is 42.7 Å². The van der Waals surface area contributed by atoms with Crippen LogP contribution in [0, 0.1) is 12.7 Å². The van der Waals surface area contributed by atoms with Crippen LogP contribution >= 0.6 is 0 Å². The molecule has 0 aliphatic heterocycles. The molecule has 6 aromatic rings. The number of hydrogen-bond donors (Lipinski definition) is 3. The lowest BCUT2D eigenvalue weighted by atomic mass is 10.1. The number of hydrogen-bond acceptors (Lipinski definition) is 10. The number of nitrogens with zero attached hydrogens (tertiary/aromatic N) is 9. The van der Waals surface area contributed by atoms with Gasteiger partial charge < -0.3 is 25.7 Å². The molecule has 0 spiro atoms. The Morgan fingerprint density at radius 1 is 0.976 bits per heavy atom. The molecule has 0 radical (unpaired) electrons. The second-order valence-electron chi connectivity index (χ2n) is 10.3. The average molecular weight is 569 g/mol. The molecular weight excluding hydrogens is 539 g/mol. The van der Waals surface area contributed by atoms with E-state index in [9.17, 15) is 14.6 Å². The van der Waals surface area contributed by atoms with Crippen molar-refractivity contribution in [2.75, 3.05) is 37.8 Å². The number of benzene rings is 2. The number of phenols is 2. The molecule has 4 aromatic heterocycles. The minimum absolute atomic E-state index is 0.107. The molecule has 2 aromatic carbocycles. The van der Waals surface area contributed by atoms with Gasteiger partial charge in [-0.15, -0.1) is 0 Å². The van der Waals surface area contributed by atoms with Gasteiger partial charge in [0.05, 0.1) is 5.39 Å². The lowest BCUT2D eigenvalue weighted by Crippen LogP contribution is -2.29.